The van der Waals surface area contributed by atoms with Gasteiger partial charge in [0.2, 0.25) is 0 Å². The average Bonchev–Trinajstić information content (AvgIpc) is 3.25. The first-order valence-corrected chi connectivity index (χ1v) is 8.24. The first-order chi connectivity index (χ1) is 10.6. The molecule has 0 atom stereocenters. The Hall–Kier alpha value is -1.95. The number of aryl methyl sites for hydroxylation is 1. The summed E-state index contributed by atoms with van der Waals surface area (Å²) in [7, 11) is 0. The standard InChI is InChI=1S/C16H18N2O3S/c1-3-21-14(19)9-18-12-7-4-10(2)8-13(12)22-16(18)17-15(20)11-5-6-11/h4,7-8,11H,3,5-6,9H2,1-2H3. The molecule has 0 spiro atoms. The highest BCUT2D eigenvalue weighted by Crippen LogP contribution is 2.30. The summed E-state index contributed by atoms with van der Waals surface area (Å²) >= 11 is 1.44. The van der Waals surface area contributed by atoms with Crippen molar-refractivity contribution in [3.63, 3.8) is 0 Å². The van der Waals surface area contributed by atoms with Crippen molar-refractivity contribution in [2.45, 2.75) is 33.2 Å². The van der Waals surface area contributed by atoms with Crippen LogP contribution in [0.1, 0.15) is 25.3 Å². The molecule has 0 saturated heterocycles. The zero-order valence-corrected chi connectivity index (χ0v) is 13.5. The molecular weight excluding hydrogens is 300 g/mol. The fourth-order valence-electron chi connectivity index (χ4n) is 2.27. The van der Waals surface area contributed by atoms with Gasteiger partial charge in [-0.3, -0.25) is 9.59 Å². The first kappa shape index (κ1) is 15.0. The normalized spacial score (nSPS) is 15.3. The molecule has 1 fully saturated rings. The van der Waals surface area contributed by atoms with Crippen LogP contribution in [-0.4, -0.2) is 23.1 Å². The third-order valence-electron chi connectivity index (χ3n) is 3.56. The molecule has 22 heavy (non-hydrogen) atoms. The molecule has 3 rings (SSSR count). The number of hydrogen-bond donors (Lipinski definition) is 0. The number of carbonyl (C=O) groups is 2. The van der Waals surface area contributed by atoms with Crippen molar-refractivity contribution in [1.82, 2.24) is 4.57 Å². The van der Waals surface area contributed by atoms with Crippen LogP contribution in [0.3, 0.4) is 0 Å². The zero-order valence-electron chi connectivity index (χ0n) is 12.7. The largest absolute Gasteiger partial charge is 0.465 e. The summed E-state index contributed by atoms with van der Waals surface area (Å²) in [5.41, 5.74) is 2.04. The number of rotatable bonds is 4. The van der Waals surface area contributed by atoms with Crippen molar-refractivity contribution in [1.29, 1.82) is 0 Å². The molecule has 1 aromatic carbocycles. The molecule has 116 valence electrons. The number of thiazole rings is 1. The Labute approximate surface area is 132 Å². The summed E-state index contributed by atoms with van der Waals surface area (Å²) in [5, 5.41) is 0. The SMILES string of the molecule is CCOC(=O)Cn1c(=NC(=O)C2CC2)sc2cc(C)ccc21. The maximum absolute atomic E-state index is 12.0. The van der Waals surface area contributed by atoms with Gasteiger partial charge in [0.1, 0.15) is 6.54 Å². The van der Waals surface area contributed by atoms with Gasteiger partial charge in [-0.2, -0.15) is 4.99 Å². The molecule has 0 bridgehead atoms. The Bertz CT molecular complexity index is 799. The number of ether oxygens (including phenoxy) is 1. The minimum absolute atomic E-state index is 0.0722. The van der Waals surface area contributed by atoms with Gasteiger partial charge in [-0.25, -0.2) is 0 Å². The fourth-order valence-corrected chi connectivity index (χ4v) is 3.40. The third-order valence-corrected chi connectivity index (χ3v) is 4.60. The van der Waals surface area contributed by atoms with E-state index in [4.69, 9.17) is 4.74 Å². The molecule has 1 aromatic heterocycles. The van der Waals surface area contributed by atoms with Gasteiger partial charge in [0.25, 0.3) is 5.91 Å². The van der Waals surface area contributed by atoms with E-state index in [2.05, 4.69) is 4.99 Å². The number of carbonyl (C=O) groups excluding carboxylic acids is 2. The molecule has 1 saturated carbocycles. The highest BCUT2D eigenvalue weighted by Gasteiger charge is 2.29. The van der Waals surface area contributed by atoms with Gasteiger partial charge >= 0.3 is 5.97 Å². The maximum atomic E-state index is 12.0. The monoisotopic (exact) mass is 318 g/mol. The van der Waals surface area contributed by atoms with Crippen LogP contribution in [0.5, 0.6) is 0 Å². The average molecular weight is 318 g/mol. The lowest BCUT2D eigenvalue weighted by Crippen LogP contribution is -2.23. The van der Waals surface area contributed by atoms with E-state index in [1.165, 1.54) is 11.3 Å². The molecule has 6 heteroatoms. The lowest BCUT2D eigenvalue weighted by molar-refractivity contribution is -0.143. The van der Waals surface area contributed by atoms with Gasteiger partial charge in [0.15, 0.2) is 4.80 Å². The summed E-state index contributed by atoms with van der Waals surface area (Å²) < 4.78 is 7.82. The Kier molecular flexibility index (Phi) is 4.11. The molecule has 1 heterocycles. The molecule has 1 aliphatic carbocycles. The summed E-state index contributed by atoms with van der Waals surface area (Å²) in [5.74, 6) is -0.327. The van der Waals surface area contributed by atoms with Crippen LogP contribution < -0.4 is 4.80 Å². The smallest absolute Gasteiger partial charge is 0.326 e. The lowest BCUT2D eigenvalue weighted by Gasteiger charge is -2.05. The second-order valence-electron chi connectivity index (χ2n) is 5.47. The minimum atomic E-state index is -0.317. The molecule has 1 aliphatic rings. The second-order valence-corrected chi connectivity index (χ2v) is 6.48. The predicted molar refractivity (Wildman–Crippen MR) is 84.5 cm³/mol. The number of aromatic nitrogens is 1. The van der Waals surface area contributed by atoms with Crippen molar-refractivity contribution in [3.05, 3.63) is 28.6 Å². The zero-order chi connectivity index (χ0) is 15.7. The maximum Gasteiger partial charge on any atom is 0.326 e. The summed E-state index contributed by atoms with van der Waals surface area (Å²) in [6.07, 6.45) is 1.84. The van der Waals surface area contributed by atoms with Crippen molar-refractivity contribution in [2.24, 2.45) is 10.9 Å². The quantitative estimate of drug-likeness (QED) is 0.813. The van der Waals surface area contributed by atoms with E-state index in [-0.39, 0.29) is 24.3 Å². The van der Waals surface area contributed by atoms with Gasteiger partial charge in [0, 0.05) is 5.92 Å². The molecule has 1 amide bonds. The van der Waals surface area contributed by atoms with Crippen LogP contribution in [0, 0.1) is 12.8 Å². The van der Waals surface area contributed by atoms with E-state index >= 15 is 0 Å². The van der Waals surface area contributed by atoms with Crippen LogP contribution in [0.4, 0.5) is 0 Å². The number of nitrogens with zero attached hydrogens (tertiary/aromatic N) is 2. The topological polar surface area (TPSA) is 60.7 Å². The number of amides is 1. The Morgan fingerprint density at radius 1 is 1.41 bits per heavy atom. The predicted octanol–water partition coefficient (Wildman–Crippen LogP) is 2.41. The molecular formula is C16H18N2O3S. The van der Waals surface area contributed by atoms with Crippen LogP contribution in [0.15, 0.2) is 23.2 Å². The fraction of sp³-hybridized carbons (Fsp3) is 0.438. The van der Waals surface area contributed by atoms with Gasteiger partial charge < -0.3 is 9.30 Å². The highest BCUT2D eigenvalue weighted by molar-refractivity contribution is 7.16. The molecule has 0 aliphatic heterocycles. The van der Waals surface area contributed by atoms with Gasteiger partial charge in [-0.15, -0.1) is 0 Å². The summed E-state index contributed by atoms with van der Waals surface area (Å²) in [4.78, 5) is 28.6. The van der Waals surface area contributed by atoms with Gasteiger partial charge in [-0.05, 0) is 44.4 Å². The third kappa shape index (κ3) is 3.11. The van der Waals surface area contributed by atoms with E-state index in [0.29, 0.717) is 11.4 Å². The van der Waals surface area contributed by atoms with Crippen molar-refractivity contribution in [2.75, 3.05) is 6.61 Å². The number of fused-ring (bicyclic) bond motifs is 1. The number of esters is 1. The van der Waals surface area contributed by atoms with Crippen LogP contribution in [-0.2, 0) is 20.9 Å². The molecule has 0 N–H and O–H groups in total. The van der Waals surface area contributed by atoms with Gasteiger partial charge in [0.05, 0.1) is 16.8 Å². The van der Waals surface area contributed by atoms with Crippen molar-refractivity contribution in [3.8, 4) is 0 Å². The highest BCUT2D eigenvalue weighted by atomic mass is 32.1. The first-order valence-electron chi connectivity index (χ1n) is 7.42. The van der Waals surface area contributed by atoms with Crippen LogP contribution in [0.2, 0.25) is 0 Å². The molecule has 0 radical (unpaired) electrons. The Morgan fingerprint density at radius 2 is 2.18 bits per heavy atom. The minimum Gasteiger partial charge on any atom is -0.465 e. The van der Waals surface area contributed by atoms with Gasteiger partial charge in [-0.1, -0.05) is 17.4 Å². The summed E-state index contributed by atoms with van der Waals surface area (Å²) in [6, 6.07) is 5.99. The van der Waals surface area contributed by atoms with Crippen LogP contribution in [0.25, 0.3) is 10.2 Å². The van der Waals surface area contributed by atoms with Crippen molar-refractivity contribution >= 4 is 33.4 Å². The molecule has 0 unspecified atom stereocenters. The van der Waals surface area contributed by atoms with E-state index in [0.717, 1.165) is 28.6 Å². The van der Waals surface area contributed by atoms with Crippen molar-refractivity contribution < 1.29 is 14.3 Å². The Balaban J connectivity index is 2.08. The number of hydrogen-bond acceptors (Lipinski definition) is 4. The second kappa shape index (κ2) is 6.04. The summed E-state index contributed by atoms with van der Waals surface area (Å²) in [6.45, 7) is 4.21. The van der Waals surface area contributed by atoms with E-state index in [9.17, 15) is 9.59 Å². The van der Waals surface area contributed by atoms with E-state index < -0.39 is 0 Å². The van der Waals surface area contributed by atoms with E-state index in [1.807, 2.05) is 25.1 Å². The molecule has 5 nitrogen and oxygen atoms in total. The lowest BCUT2D eigenvalue weighted by atomic mass is 10.2. The molecule has 2 aromatic rings. The Morgan fingerprint density at radius 3 is 2.86 bits per heavy atom. The number of benzene rings is 1. The van der Waals surface area contributed by atoms with E-state index in [1.54, 1.807) is 11.5 Å². The van der Waals surface area contributed by atoms with Crippen LogP contribution >= 0.6 is 11.3 Å².